The summed E-state index contributed by atoms with van der Waals surface area (Å²) in [5.41, 5.74) is 5.28. The number of benzene rings is 1. The average Bonchev–Trinajstić information content (AvgIpc) is 2.90. The molecule has 36 heavy (non-hydrogen) atoms. The summed E-state index contributed by atoms with van der Waals surface area (Å²) in [6.07, 6.45) is 4.87. The molecule has 190 valence electrons. The van der Waals surface area contributed by atoms with Gasteiger partial charge in [-0.3, -0.25) is 19.7 Å². The number of nitrogens with one attached hydrogen (secondary N) is 2. The molecular formula is C28H38N8. The summed E-state index contributed by atoms with van der Waals surface area (Å²) in [7, 11) is 0. The SMILES string of the molecule is CCCN1CCNCCN2CCN(CC2)Cc2cccc(c2)Nc2nccc(n2)-c2ccc(nc2)C1. The zero-order valence-corrected chi connectivity index (χ0v) is 21.4. The second-order valence-electron chi connectivity index (χ2n) is 9.77. The zero-order chi connectivity index (χ0) is 24.6. The Kier molecular flexibility index (Phi) is 8.51. The second-order valence-corrected chi connectivity index (χ2v) is 9.77. The highest BCUT2D eigenvalue weighted by atomic mass is 15.3. The van der Waals surface area contributed by atoms with Gasteiger partial charge in [-0.05, 0) is 48.9 Å². The maximum Gasteiger partial charge on any atom is 0.227 e. The molecule has 1 aromatic carbocycles. The molecule has 8 bridgehead atoms. The van der Waals surface area contributed by atoms with Crippen LogP contribution in [0.2, 0.25) is 0 Å². The lowest BCUT2D eigenvalue weighted by Gasteiger charge is -2.34. The number of hydrogen-bond acceptors (Lipinski definition) is 8. The summed E-state index contributed by atoms with van der Waals surface area (Å²) in [6, 6.07) is 14.8. The first kappa shape index (κ1) is 24.8. The topological polar surface area (TPSA) is 72.5 Å². The summed E-state index contributed by atoms with van der Waals surface area (Å²) >= 11 is 0. The van der Waals surface area contributed by atoms with Crippen LogP contribution in [0.3, 0.4) is 0 Å². The van der Waals surface area contributed by atoms with Crippen molar-refractivity contribution in [1.82, 2.24) is 35.0 Å². The number of pyridine rings is 1. The van der Waals surface area contributed by atoms with Gasteiger partial charge in [-0.25, -0.2) is 9.97 Å². The first-order chi connectivity index (χ1) is 17.7. The third kappa shape index (κ3) is 6.85. The largest absolute Gasteiger partial charge is 0.324 e. The van der Waals surface area contributed by atoms with E-state index in [4.69, 9.17) is 9.97 Å². The van der Waals surface area contributed by atoms with Crippen molar-refractivity contribution in [3.63, 3.8) is 0 Å². The van der Waals surface area contributed by atoms with Crippen LogP contribution in [0, 0.1) is 0 Å². The Bertz CT molecular complexity index is 1090. The Morgan fingerprint density at radius 2 is 1.72 bits per heavy atom. The van der Waals surface area contributed by atoms with Crippen molar-refractivity contribution in [2.24, 2.45) is 0 Å². The van der Waals surface area contributed by atoms with Crippen molar-refractivity contribution in [3.05, 3.63) is 66.1 Å². The van der Waals surface area contributed by atoms with E-state index in [0.29, 0.717) is 5.95 Å². The van der Waals surface area contributed by atoms with E-state index in [9.17, 15) is 0 Å². The van der Waals surface area contributed by atoms with Crippen LogP contribution in [0.5, 0.6) is 0 Å². The minimum Gasteiger partial charge on any atom is -0.324 e. The lowest BCUT2D eigenvalue weighted by Crippen LogP contribution is -2.48. The Hall–Kier alpha value is -2.91. The van der Waals surface area contributed by atoms with Crippen molar-refractivity contribution < 1.29 is 0 Å². The van der Waals surface area contributed by atoms with Gasteiger partial charge in [0.05, 0.1) is 11.4 Å². The van der Waals surface area contributed by atoms with Gasteiger partial charge < -0.3 is 10.6 Å². The normalized spacial score (nSPS) is 21.7. The molecule has 0 unspecified atom stereocenters. The standard InChI is InChI=1S/C28H38N8/c1-2-12-35-14-11-29-10-13-34-15-17-36(18-16-34)21-23-4-3-5-25(19-23)32-28-30-9-8-27(33-28)24-6-7-26(22-35)31-20-24/h3-9,19-20,29H,2,10-18,21-22H2,1H3,(H,30,32,33). The van der Waals surface area contributed by atoms with Crippen LogP contribution in [0.4, 0.5) is 11.6 Å². The predicted octanol–water partition coefficient (Wildman–Crippen LogP) is 3.22. The fourth-order valence-electron chi connectivity index (χ4n) is 4.97. The van der Waals surface area contributed by atoms with Gasteiger partial charge in [0.1, 0.15) is 0 Å². The van der Waals surface area contributed by atoms with E-state index in [2.05, 4.69) is 73.6 Å². The third-order valence-corrected chi connectivity index (χ3v) is 6.97. The molecule has 7 heterocycles. The minimum absolute atomic E-state index is 0.599. The lowest BCUT2D eigenvalue weighted by molar-refractivity contribution is 0.127. The monoisotopic (exact) mass is 486 g/mol. The Balaban J connectivity index is 1.36. The summed E-state index contributed by atoms with van der Waals surface area (Å²) < 4.78 is 0. The maximum atomic E-state index is 4.76. The van der Waals surface area contributed by atoms with Gasteiger partial charge in [-0.2, -0.15) is 0 Å². The number of piperazine rings is 1. The molecule has 0 saturated carbocycles. The number of rotatable bonds is 2. The molecular weight excluding hydrogens is 448 g/mol. The quantitative estimate of drug-likeness (QED) is 0.572. The van der Waals surface area contributed by atoms with E-state index in [1.807, 2.05) is 12.3 Å². The summed E-state index contributed by atoms with van der Waals surface area (Å²) in [5.74, 6) is 0.599. The van der Waals surface area contributed by atoms with Gasteiger partial charge in [0.2, 0.25) is 5.95 Å². The van der Waals surface area contributed by atoms with E-state index in [1.54, 1.807) is 6.20 Å². The number of hydrogen-bond donors (Lipinski definition) is 2. The molecule has 2 N–H and O–H groups in total. The molecule has 0 spiro atoms. The van der Waals surface area contributed by atoms with E-state index < -0.39 is 0 Å². The summed E-state index contributed by atoms with van der Waals surface area (Å²) in [4.78, 5) is 21.6. The molecule has 1 fully saturated rings. The van der Waals surface area contributed by atoms with Gasteiger partial charge in [-0.1, -0.05) is 19.1 Å². The third-order valence-electron chi connectivity index (χ3n) is 6.97. The van der Waals surface area contributed by atoms with Gasteiger partial charge in [-0.15, -0.1) is 0 Å². The van der Waals surface area contributed by atoms with E-state index in [-0.39, 0.29) is 0 Å². The highest BCUT2D eigenvalue weighted by Crippen LogP contribution is 2.21. The first-order valence-electron chi connectivity index (χ1n) is 13.3. The second kappa shape index (κ2) is 12.4. The van der Waals surface area contributed by atoms with Crippen molar-refractivity contribution in [2.45, 2.75) is 26.4 Å². The van der Waals surface area contributed by atoms with Crippen LogP contribution in [0.25, 0.3) is 11.3 Å². The Labute approximate surface area is 214 Å². The van der Waals surface area contributed by atoms with E-state index >= 15 is 0 Å². The van der Waals surface area contributed by atoms with Gasteiger partial charge >= 0.3 is 0 Å². The van der Waals surface area contributed by atoms with Crippen molar-refractivity contribution in [3.8, 4) is 11.3 Å². The molecule has 5 aliphatic heterocycles. The number of aromatic nitrogens is 3. The Morgan fingerprint density at radius 3 is 2.56 bits per heavy atom. The first-order valence-corrected chi connectivity index (χ1v) is 13.3. The Morgan fingerprint density at radius 1 is 0.861 bits per heavy atom. The predicted molar refractivity (Wildman–Crippen MR) is 145 cm³/mol. The molecule has 5 aliphatic rings. The molecule has 1 saturated heterocycles. The van der Waals surface area contributed by atoms with Gasteiger partial charge in [0, 0.05) is 89.1 Å². The van der Waals surface area contributed by atoms with E-state index in [0.717, 1.165) is 101 Å². The number of anilines is 2. The van der Waals surface area contributed by atoms with Crippen LogP contribution < -0.4 is 10.6 Å². The van der Waals surface area contributed by atoms with Crippen molar-refractivity contribution in [1.29, 1.82) is 0 Å². The molecule has 8 nitrogen and oxygen atoms in total. The molecule has 2 aromatic heterocycles. The molecule has 3 aromatic rings. The van der Waals surface area contributed by atoms with Gasteiger partial charge in [0.25, 0.3) is 0 Å². The van der Waals surface area contributed by atoms with Crippen LogP contribution >= 0.6 is 0 Å². The highest BCUT2D eigenvalue weighted by Gasteiger charge is 2.17. The average molecular weight is 487 g/mol. The lowest BCUT2D eigenvalue weighted by atomic mass is 10.1. The molecule has 0 aliphatic carbocycles. The van der Waals surface area contributed by atoms with Crippen molar-refractivity contribution >= 4 is 11.6 Å². The van der Waals surface area contributed by atoms with Gasteiger partial charge in [0.15, 0.2) is 0 Å². The molecule has 8 heteroatoms. The van der Waals surface area contributed by atoms with E-state index in [1.165, 1.54) is 5.56 Å². The van der Waals surface area contributed by atoms with Crippen LogP contribution in [-0.2, 0) is 13.1 Å². The summed E-state index contributed by atoms with van der Waals surface area (Å²) in [5, 5.41) is 7.06. The summed E-state index contributed by atoms with van der Waals surface area (Å²) in [6.45, 7) is 13.8. The molecule has 0 amide bonds. The maximum absolute atomic E-state index is 4.76. The fourth-order valence-corrected chi connectivity index (χ4v) is 4.97. The van der Waals surface area contributed by atoms with Crippen LogP contribution in [-0.4, -0.2) is 88.6 Å². The molecule has 0 radical (unpaired) electrons. The number of nitrogens with zero attached hydrogens (tertiary/aromatic N) is 6. The van der Waals surface area contributed by atoms with Crippen molar-refractivity contribution in [2.75, 3.05) is 64.2 Å². The van der Waals surface area contributed by atoms with Crippen LogP contribution in [0.15, 0.2) is 54.9 Å². The van der Waals surface area contributed by atoms with Crippen LogP contribution in [0.1, 0.15) is 24.6 Å². The molecule has 0 atom stereocenters. The zero-order valence-electron chi connectivity index (χ0n) is 21.4. The fraction of sp³-hybridized carbons (Fsp3) is 0.464. The minimum atomic E-state index is 0.599. The highest BCUT2D eigenvalue weighted by molar-refractivity contribution is 5.61. The smallest absolute Gasteiger partial charge is 0.227 e. The molecule has 8 rings (SSSR count).